The molecule has 3 aliphatic heterocycles. The Kier molecular flexibility index (Phi) is 4.50. The standard InChI is InChI=1S/C22H22N2O5/c25-21(23-16-5-6-18-19(12-16)28-13-27-18)14-7-9-24(10-8-14)22(26)20-11-15-3-1-2-4-17(15)29-20/h1-6,12,14,20H,7-11,13H2,(H,23,25)/t20-/m1/s1. The highest BCUT2D eigenvalue weighted by Crippen LogP contribution is 2.35. The van der Waals surface area contributed by atoms with Gasteiger partial charge in [-0.05, 0) is 36.6 Å². The van der Waals surface area contributed by atoms with Gasteiger partial charge in [-0.1, -0.05) is 18.2 Å². The second kappa shape index (κ2) is 7.31. The Hall–Kier alpha value is -3.22. The molecule has 1 atom stereocenters. The summed E-state index contributed by atoms with van der Waals surface area (Å²) in [6.07, 6.45) is 1.44. The van der Waals surface area contributed by atoms with E-state index in [0.29, 0.717) is 49.5 Å². The molecule has 0 spiro atoms. The number of fused-ring (bicyclic) bond motifs is 2. The smallest absolute Gasteiger partial charge is 0.263 e. The molecule has 7 heteroatoms. The Morgan fingerprint density at radius 2 is 1.76 bits per heavy atom. The van der Waals surface area contributed by atoms with Crippen LogP contribution in [-0.4, -0.2) is 42.7 Å². The van der Waals surface area contributed by atoms with Crippen molar-refractivity contribution in [2.24, 2.45) is 5.92 Å². The molecule has 0 aliphatic carbocycles. The van der Waals surface area contributed by atoms with Crippen molar-refractivity contribution in [2.75, 3.05) is 25.2 Å². The van der Waals surface area contributed by atoms with Crippen LogP contribution in [0.1, 0.15) is 18.4 Å². The summed E-state index contributed by atoms with van der Waals surface area (Å²) in [5.74, 6) is 1.98. The zero-order valence-corrected chi connectivity index (χ0v) is 15.9. The van der Waals surface area contributed by atoms with E-state index in [0.717, 1.165) is 11.3 Å². The molecular formula is C22H22N2O5. The summed E-state index contributed by atoms with van der Waals surface area (Å²) in [5, 5.41) is 2.95. The number of para-hydroxylation sites is 1. The van der Waals surface area contributed by atoms with E-state index in [1.54, 1.807) is 18.2 Å². The highest BCUT2D eigenvalue weighted by atomic mass is 16.7. The first-order chi connectivity index (χ1) is 14.2. The third kappa shape index (κ3) is 3.48. The average Bonchev–Trinajstić information content (AvgIpc) is 3.39. The van der Waals surface area contributed by atoms with Crippen molar-refractivity contribution in [3.05, 3.63) is 48.0 Å². The lowest BCUT2D eigenvalue weighted by Gasteiger charge is -2.32. The average molecular weight is 394 g/mol. The van der Waals surface area contributed by atoms with Crippen LogP contribution in [0.2, 0.25) is 0 Å². The van der Waals surface area contributed by atoms with E-state index in [2.05, 4.69) is 5.32 Å². The van der Waals surface area contributed by atoms with E-state index in [9.17, 15) is 9.59 Å². The van der Waals surface area contributed by atoms with Crippen molar-refractivity contribution in [1.82, 2.24) is 4.90 Å². The number of amides is 2. The summed E-state index contributed by atoms with van der Waals surface area (Å²) in [4.78, 5) is 27.3. The van der Waals surface area contributed by atoms with Crippen LogP contribution in [-0.2, 0) is 16.0 Å². The molecule has 3 heterocycles. The minimum atomic E-state index is -0.452. The second-order valence-corrected chi connectivity index (χ2v) is 7.58. The first-order valence-electron chi connectivity index (χ1n) is 9.91. The van der Waals surface area contributed by atoms with Crippen LogP contribution in [0.3, 0.4) is 0 Å². The van der Waals surface area contributed by atoms with Gasteiger partial charge in [0, 0.05) is 37.2 Å². The van der Waals surface area contributed by atoms with E-state index < -0.39 is 6.10 Å². The summed E-state index contributed by atoms with van der Waals surface area (Å²) in [7, 11) is 0. The number of nitrogens with one attached hydrogen (secondary N) is 1. The molecule has 1 fully saturated rings. The van der Waals surface area contributed by atoms with Gasteiger partial charge >= 0.3 is 0 Å². The van der Waals surface area contributed by atoms with Crippen molar-refractivity contribution in [3.63, 3.8) is 0 Å². The molecule has 0 bridgehead atoms. The van der Waals surface area contributed by atoms with Gasteiger partial charge < -0.3 is 24.4 Å². The Bertz CT molecular complexity index is 927. The van der Waals surface area contributed by atoms with Crippen molar-refractivity contribution in [2.45, 2.75) is 25.4 Å². The number of carbonyl (C=O) groups excluding carboxylic acids is 2. The maximum atomic E-state index is 12.8. The summed E-state index contributed by atoms with van der Waals surface area (Å²) < 4.78 is 16.5. The molecule has 7 nitrogen and oxygen atoms in total. The molecule has 29 heavy (non-hydrogen) atoms. The van der Waals surface area contributed by atoms with Gasteiger partial charge in [0.1, 0.15) is 5.75 Å². The Morgan fingerprint density at radius 3 is 2.59 bits per heavy atom. The van der Waals surface area contributed by atoms with Gasteiger partial charge in [-0.2, -0.15) is 0 Å². The predicted octanol–water partition coefficient (Wildman–Crippen LogP) is 2.60. The topological polar surface area (TPSA) is 77.1 Å². The monoisotopic (exact) mass is 394 g/mol. The van der Waals surface area contributed by atoms with Gasteiger partial charge in [-0.15, -0.1) is 0 Å². The SMILES string of the molecule is O=C(Nc1ccc2c(c1)OCO2)C1CCN(C(=O)[C@H]2Cc3ccccc3O2)CC1. The molecule has 0 unspecified atom stereocenters. The van der Waals surface area contributed by atoms with Gasteiger partial charge in [-0.25, -0.2) is 0 Å². The number of ether oxygens (including phenoxy) is 3. The minimum Gasteiger partial charge on any atom is -0.480 e. The quantitative estimate of drug-likeness (QED) is 0.866. The zero-order chi connectivity index (χ0) is 19.8. The molecule has 150 valence electrons. The fourth-order valence-electron chi connectivity index (χ4n) is 4.10. The van der Waals surface area contributed by atoms with E-state index >= 15 is 0 Å². The number of likely N-dealkylation sites (tertiary alicyclic amines) is 1. The maximum Gasteiger partial charge on any atom is 0.263 e. The molecule has 3 aliphatic rings. The molecule has 2 amide bonds. The lowest BCUT2D eigenvalue weighted by molar-refractivity contribution is -0.140. The number of rotatable bonds is 3. The lowest BCUT2D eigenvalue weighted by Crippen LogP contribution is -2.46. The highest BCUT2D eigenvalue weighted by molar-refractivity contribution is 5.93. The van der Waals surface area contributed by atoms with E-state index in [1.165, 1.54) is 0 Å². The van der Waals surface area contributed by atoms with E-state index in [4.69, 9.17) is 14.2 Å². The Labute approximate surface area is 168 Å². The first kappa shape index (κ1) is 17.8. The molecular weight excluding hydrogens is 372 g/mol. The highest BCUT2D eigenvalue weighted by Gasteiger charge is 2.35. The first-order valence-corrected chi connectivity index (χ1v) is 9.91. The molecule has 2 aromatic rings. The van der Waals surface area contributed by atoms with Gasteiger partial charge in [0.2, 0.25) is 12.7 Å². The third-order valence-corrected chi connectivity index (χ3v) is 5.74. The number of hydrogen-bond donors (Lipinski definition) is 1. The largest absolute Gasteiger partial charge is 0.480 e. The molecule has 1 saturated heterocycles. The number of anilines is 1. The molecule has 0 radical (unpaired) electrons. The van der Waals surface area contributed by atoms with E-state index in [-0.39, 0.29) is 24.5 Å². The number of carbonyl (C=O) groups is 2. The van der Waals surface area contributed by atoms with Crippen molar-refractivity contribution < 1.29 is 23.8 Å². The van der Waals surface area contributed by atoms with Crippen LogP contribution in [0.5, 0.6) is 17.2 Å². The third-order valence-electron chi connectivity index (χ3n) is 5.74. The number of nitrogens with zero attached hydrogens (tertiary/aromatic N) is 1. The van der Waals surface area contributed by atoms with Gasteiger partial charge in [0.25, 0.3) is 5.91 Å². The number of hydrogen-bond acceptors (Lipinski definition) is 5. The number of benzene rings is 2. The normalized spacial score (nSPS) is 20.1. The fourth-order valence-corrected chi connectivity index (χ4v) is 4.10. The predicted molar refractivity (Wildman–Crippen MR) is 105 cm³/mol. The van der Waals surface area contributed by atoms with Crippen LogP contribution in [0.4, 0.5) is 5.69 Å². The van der Waals surface area contributed by atoms with Crippen LogP contribution in [0.25, 0.3) is 0 Å². The van der Waals surface area contributed by atoms with Crippen molar-refractivity contribution in [1.29, 1.82) is 0 Å². The Balaban J connectivity index is 1.14. The van der Waals surface area contributed by atoms with Crippen LogP contribution >= 0.6 is 0 Å². The molecule has 0 saturated carbocycles. The molecule has 5 rings (SSSR count). The summed E-state index contributed by atoms with van der Waals surface area (Å²) in [6.45, 7) is 1.33. The van der Waals surface area contributed by atoms with Gasteiger partial charge in [-0.3, -0.25) is 9.59 Å². The summed E-state index contributed by atoms with van der Waals surface area (Å²) in [5.41, 5.74) is 1.76. The summed E-state index contributed by atoms with van der Waals surface area (Å²) >= 11 is 0. The fraction of sp³-hybridized carbons (Fsp3) is 0.364. The zero-order valence-electron chi connectivity index (χ0n) is 15.9. The van der Waals surface area contributed by atoms with Crippen LogP contribution in [0.15, 0.2) is 42.5 Å². The van der Waals surface area contributed by atoms with Crippen LogP contribution < -0.4 is 19.5 Å². The number of piperidine rings is 1. The Morgan fingerprint density at radius 1 is 0.966 bits per heavy atom. The second-order valence-electron chi connectivity index (χ2n) is 7.58. The minimum absolute atomic E-state index is 0.0100. The van der Waals surface area contributed by atoms with Crippen LogP contribution in [0, 0.1) is 5.92 Å². The van der Waals surface area contributed by atoms with Gasteiger partial charge in [0.15, 0.2) is 17.6 Å². The van der Waals surface area contributed by atoms with E-state index in [1.807, 2.05) is 29.2 Å². The van der Waals surface area contributed by atoms with Crippen molar-refractivity contribution >= 4 is 17.5 Å². The lowest BCUT2D eigenvalue weighted by atomic mass is 9.95. The van der Waals surface area contributed by atoms with Gasteiger partial charge in [0.05, 0.1) is 0 Å². The molecule has 1 N–H and O–H groups in total. The summed E-state index contributed by atoms with van der Waals surface area (Å²) in [6, 6.07) is 13.1. The molecule has 2 aromatic carbocycles. The van der Waals surface area contributed by atoms with Crippen molar-refractivity contribution in [3.8, 4) is 17.2 Å². The maximum absolute atomic E-state index is 12.8. The molecule has 0 aromatic heterocycles.